The molecule has 0 aliphatic rings. The molecule has 1 atom stereocenters. The van der Waals surface area contributed by atoms with Crippen molar-refractivity contribution in [2.45, 2.75) is 162 Å². The molecule has 0 radical (unpaired) electrons. The van der Waals surface area contributed by atoms with E-state index >= 15 is 0 Å². The number of nitro groups is 1. The van der Waals surface area contributed by atoms with Gasteiger partial charge in [-0.15, -0.1) is 10.2 Å². The standard InChI is InChI=1S/C37H59N3O3/c1-5-7-9-11-13-15-16-18-20-22-24-32-25-26-34(36(29-32)40(42)43)38-39-35-28-30(3)27-33(37(35)41)31(4)23-21-19-17-14-12-10-8-6-2/h25-29,31,41H,5-24H2,1-4H3. The van der Waals surface area contributed by atoms with Crippen LogP contribution in [0, 0.1) is 17.0 Å². The van der Waals surface area contributed by atoms with E-state index in [1.807, 2.05) is 19.1 Å². The van der Waals surface area contributed by atoms with Gasteiger partial charge >= 0.3 is 0 Å². The molecule has 0 aliphatic carbocycles. The number of hydrogen-bond donors (Lipinski definition) is 1. The average molecular weight is 594 g/mol. The highest BCUT2D eigenvalue weighted by Crippen LogP contribution is 2.39. The first-order chi connectivity index (χ1) is 20.9. The first-order valence-corrected chi connectivity index (χ1v) is 17.4. The summed E-state index contributed by atoms with van der Waals surface area (Å²) < 4.78 is 0. The molecule has 0 aromatic heterocycles. The lowest BCUT2D eigenvalue weighted by Crippen LogP contribution is -1.96. The van der Waals surface area contributed by atoms with E-state index in [-0.39, 0.29) is 28.0 Å². The summed E-state index contributed by atoms with van der Waals surface area (Å²) in [7, 11) is 0. The number of aryl methyl sites for hydroxylation is 2. The summed E-state index contributed by atoms with van der Waals surface area (Å²) >= 11 is 0. The molecule has 0 aliphatic heterocycles. The van der Waals surface area contributed by atoms with Crippen molar-refractivity contribution in [3.8, 4) is 5.75 Å². The molecule has 2 aromatic rings. The molecular weight excluding hydrogens is 534 g/mol. The van der Waals surface area contributed by atoms with E-state index in [4.69, 9.17) is 0 Å². The van der Waals surface area contributed by atoms with Crippen LogP contribution in [0.2, 0.25) is 0 Å². The number of azo groups is 1. The fourth-order valence-electron chi connectivity index (χ4n) is 5.86. The highest BCUT2D eigenvalue weighted by Gasteiger charge is 2.17. The van der Waals surface area contributed by atoms with Crippen molar-refractivity contribution in [2.24, 2.45) is 10.2 Å². The molecule has 2 rings (SSSR count). The molecule has 0 saturated heterocycles. The Bertz CT molecular complexity index is 1100. The lowest BCUT2D eigenvalue weighted by Gasteiger charge is -2.15. The van der Waals surface area contributed by atoms with Gasteiger partial charge in [0.1, 0.15) is 11.4 Å². The number of phenolic OH excluding ortho intramolecular Hbond substituents is 1. The molecule has 0 spiro atoms. The van der Waals surface area contributed by atoms with E-state index in [1.165, 1.54) is 96.3 Å². The van der Waals surface area contributed by atoms with Crippen LogP contribution in [-0.4, -0.2) is 10.0 Å². The Labute approximate surface area is 262 Å². The highest BCUT2D eigenvalue weighted by molar-refractivity contribution is 5.61. The second-order valence-corrected chi connectivity index (χ2v) is 12.6. The zero-order chi connectivity index (χ0) is 31.3. The van der Waals surface area contributed by atoms with Crippen LogP contribution in [0.25, 0.3) is 0 Å². The molecule has 0 fully saturated rings. The Kier molecular flexibility index (Phi) is 18.5. The minimum Gasteiger partial charge on any atom is -0.505 e. The highest BCUT2D eigenvalue weighted by atomic mass is 16.6. The van der Waals surface area contributed by atoms with E-state index in [2.05, 4.69) is 31.0 Å². The molecule has 2 aromatic carbocycles. The fourth-order valence-corrected chi connectivity index (χ4v) is 5.86. The number of nitrogens with zero attached hydrogens (tertiary/aromatic N) is 3. The Balaban J connectivity index is 1.92. The molecule has 1 unspecified atom stereocenters. The number of unbranched alkanes of at least 4 members (excludes halogenated alkanes) is 16. The number of hydrogen-bond acceptors (Lipinski definition) is 5. The number of aromatic hydroxyl groups is 1. The van der Waals surface area contributed by atoms with Gasteiger partial charge in [0.05, 0.1) is 4.92 Å². The second-order valence-electron chi connectivity index (χ2n) is 12.6. The minimum absolute atomic E-state index is 0.0382. The van der Waals surface area contributed by atoms with E-state index in [9.17, 15) is 15.2 Å². The Morgan fingerprint density at radius 3 is 1.79 bits per heavy atom. The van der Waals surface area contributed by atoms with Crippen molar-refractivity contribution in [1.29, 1.82) is 0 Å². The van der Waals surface area contributed by atoms with E-state index in [0.717, 1.165) is 48.8 Å². The summed E-state index contributed by atoms with van der Waals surface area (Å²) in [6, 6.07) is 9.05. The van der Waals surface area contributed by atoms with Crippen LogP contribution in [0.5, 0.6) is 5.75 Å². The monoisotopic (exact) mass is 593 g/mol. The van der Waals surface area contributed by atoms with Crippen molar-refractivity contribution in [2.75, 3.05) is 0 Å². The second kappa shape index (κ2) is 21.9. The van der Waals surface area contributed by atoms with Crippen LogP contribution in [0.1, 0.15) is 165 Å². The van der Waals surface area contributed by atoms with Gasteiger partial charge in [0.15, 0.2) is 5.69 Å². The summed E-state index contributed by atoms with van der Waals surface area (Å²) in [6.45, 7) is 8.62. The van der Waals surface area contributed by atoms with Crippen LogP contribution in [0.3, 0.4) is 0 Å². The van der Waals surface area contributed by atoms with Crippen molar-refractivity contribution in [3.63, 3.8) is 0 Å². The number of benzene rings is 2. The first-order valence-electron chi connectivity index (χ1n) is 17.4. The topological polar surface area (TPSA) is 88.1 Å². The molecule has 0 amide bonds. The smallest absolute Gasteiger partial charge is 0.296 e. The van der Waals surface area contributed by atoms with Crippen molar-refractivity contribution in [1.82, 2.24) is 0 Å². The Morgan fingerprint density at radius 1 is 0.721 bits per heavy atom. The van der Waals surface area contributed by atoms with Crippen LogP contribution < -0.4 is 0 Å². The van der Waals surface area contributed by atoms with Crippen LogP contribution in [0.15, 0.2) is 40.6 Å². The summed E-state index contributed by atoms with van der Waals surface area (Å²) in [5.41, 5.74) is 3.36. The Morgan fingerprint density at radius 2 is 1.23 bits per heavy atom. The first kappa shape index (κ1) is 36.4. The largest absolute Gasteiger partial charge is 0.505 e. The SMILES string of the molecule is CCCCCCCCCCCCc1ccc(N=Nc2cc(C)cc(C(C)CCCCCCCCCC)c2O)c([N+](=O)[O-])c1. The predicted molar refractivity (Wildman–Crippen MR) is 181 cm³/mol. The van der Waals surface area contributed by atoms with Crippen molar-refractivity contribution < 1.29 is 10.0 Å². The maximum atomic E-state index is 11.9. The van der Waals surface area contributed by atoms with Crippen molar-refractivity contribution >= 4 is 17.1 Å². The lowest BCUT2D eigenvalue weighted by molar-refractivity contribution is -0.384. The van der Waals surface area contributed by atoms with E-state index in [0.29, 0.717) is 5.69 Å². The van der Waals surface area contributed by atoms with Gasteiger partial charge in [0.2, 0.25) is 0 Å². The average Bonchev–Trinajstić information content (AvgIpc) is 2.99. The maximum Gasteiger partial charge on any atom is 0.296 e. The minimum atomic E-state index is -0.385. The zero-order valence-electron chi connectivity index (χ0n) is 27.7. The zero-order valence-corrected chi connectivity index (χ0v) is 27.7. The van der Waals surface area contributed by atoms with E-state index < -0.39 is 0 Å². The predicted octanol–water partition coefficient (Wildman–Crippen LogP) is 13.1. The molecule has 6 heteroatoms. The number of phenols is 1. The van der Waals surface area contributed by atoms with Gasteiger partial charge in [-0.05, 0) is 60.9 Å². The molecule has 0 heterocycles. The van der Waals surface area contributed by atoms with Gasteiger partial charge < -0.3 is 5.11 Å². The van der Waals surface area contributed by atoms with Gasteiger partial charge in [-0.2, -0.15) is 0 Å². The van der Waals surface area contributed by atoms with Gasteiger partial charge in [-0.3, -0.25) is 10.1 Å². The molecule has 6 nitrogen and oxygen atoms in total. The molecule has 1 N–H and O–H groups in total. The number of rotatable bonds is 24. The van der Waals surface area contributed by atoms with Gasteiger partial charge in [-0.25, -0.2) is 0 Å². The third-order valence-electron chi connectivity index (χ3n) is 8.61. The third kappa shape index (κ3) is 14.5. The summed E-state index contributed by atoms with van der Waals surface area (Å²) in [4.78, 5) is 11.5. The summed E-state index contributed by atoms with van der Waals surface area (Å²) in [5.74, 6) is 0.329. The van der Waals surface area contributed by atoms with Crippen LogP contribution in [-0.2, 0) is 6.42 Å². The molecule has 240 valence electrons. The third-order valence-corrected chi connectivity index (χ3v) is 8.61. The quantitative estimate of drug-likeness (QED) is 0.0568. The van der Waals surface area contributed by atoms with Crippen LogP contribution in [0.4, 0.5) is 17.1 Å². The van der Waals surface area contributed by atoms with Crippen LogP contribution >= 0.6 is 0 Å². The molecule has 0 bridgehead atoms. The molecular formula is C37H59N3O3. The van der Waals surface area contributed by atoms with Crippen molar-refractivity contribution in [3.05, 3.63) is 57.1 Å². The summed E-state index contributed by atoms with van der Waals surface area (Å²) in [5, 5.41) is 31.4. The molecule has 0 saturated carbocycles. The van der Waals surface area contributed by atoms with Gasteiger partial charge in [0.25, 0.3) is 5.69 Å². The fraction of sp³-hybridized carbons (Fsp3) is 0.676. The van der Waals surface area contributed by atoms with Gasteiger partial charge in [0, 0.05) is 6.07 Å². The lowest BCUT2D eigenvalue weighted by atomic mass is 9.92. The van der Waals surface area contributed by atoms with E-state index in [1.54, 1.807) is 18.2 Å². The maximum absolute atomic E-state index is 11.9. The Hall–Kier alpha value is -2.76. The molecule has 43 heavy (non-hydrogen) atoms. The number of nitro benzene ring substituents is 1. The summed E-state index contributed by atoms with van der Waals surface area (Å²) in [6.07, 6.45) is 24.7. The van der Waals surface area contributed by atoms with Gasteiger partial charge in [-0.1, -0.05) is 142 Å². The normalized spacial score (nSPS) is 12.3.